The van der Waals surface area contributed by atoms with Crippen molar-refractivity contribution >= 4 is 23.2 Å². The predicted molar refractivity (Wildman–Crippen MR) is 56.6 cm³/mol. The van der Waals surface area contributed by atoms with E-state index in [1.807, 2.05) is 0 Å². The van der Waals surface area contributed by atoms with E-state index in [0.29, 0.717) is 5.56 Å². The van der Waals surface area contributed by atoms with Crippen molar-refractivity contribution in [1.82, 2.24) is 4.98 Å². The fourth-order valence-corrected chi connectivity index (χ4v) is 1.42. The van der Waals surface area contributed by atoms with E-state index >= 15 is 0 Å². The highest BCUT2D eigenvalue weighted by Gasteiger charge is 2.31. The molecule has 0 saturated heterocycles. The molecule has 0 aliphatic heterocycles. The number of halogens is 4. The van der Waals surface area contributed by atoms with Gasteiger partial charge in [0.05, 0.1) is 10.6 Å². The van der Waals surface area contributed by atoms with Gasteiger partial charge in [0.15, 0.2) is 0 Å². The zero-order chi connectivity index (χ0) is 11.6. The molecule has 0 radical (unpaired) electrons. The highest BCUT2D eigenvalue weighted by atomic mass is 35.5. The summed E-state index contributed by atoms with van der Waals surface area (Å²) in [7, 11) is 0. The summed E-state index contributed by atoms with van der Waals surface area (Å²) in [6, 6.07) is 1.44. The highest BCUT2D eigenvalue weighted by molar-refractivity contribution is 6.32. The van der Waals surface area contributed by atoms with Crippen molar-refractivity contribution in [1.29, 1.82) is 0 Å². The summed E-state index contributed by atoms with van der Waals surface area (Å²) in [5.74, 6) is 0. The lowest BCUT2D eigenvalue weighted by atomic mass is 9.95. The zero-order valence-corrected chi connectivity index (χ0v) is 9.49. The molecule has 6 heteroatoms. The summed E-state index contributed by atoms with van der Waals surface area (Å²) in [6.45, 7) is 1.27. The molecule has 1 heterocycles. The zero-order valence-electron chi connectivity index (χ0n) is 7.98. The van der Waals surface area contributed by atoms with E-state index in [1.54, 1.807) is 0 Å². The first-order valence-corrected chi connectivity index (χ1v) is 4.95. The minimum atomic E-state index is -2.62. The van der Waals surface area contributed by atoms with E-state index in [-0.39, 0.29) is 16.6 Å². The van der Waals surface area contributed by atoms with Crippen LogP contribution >= 0.6 is 23.2 Å². The second-order valence-electron chi connectivity index (χ2n) is 3.58. The first-order valence-electron chi connectivity index (χ1n) is 4.20. The van der Waals surface area contributed by atoms with Crippen LogP contribution in [-0.2, 0) is 6.42 Å². The molecule has 0 fully saturated rings. The molecule has 15 heavy (non-hydrogen) atoms. The van der Waals surface area contributed by atoms with Gasteiger partial charge in [-0.2, -0.15) is 0 Å². The van der Waals surface area contributed by atoms with Crippen molar-refractivity contribution in [3.63, 3.8) is 0 Å². The summed E-state index contributed by atoms with van der Waals surface area (Å²) < 4.78 is 25.0. The maximum absolute atomic E-state index is 12.5. The Bertz CT molecular complexity index is 356. The van der Waals surface area contributed by atoms with Gasteiger partial charge in [0, 0.05) is 6.20 Å². The number of nitrogens with zero attached hydrogens (tertiary/aromatic N) is 1. The molecular weight excluding hydrogens is 245 g/mol. The second kappa shape index (κ2) is 4.60. The number of hydrogen-bond donors (Lipinski definition) is 1. The number of alkyl halides is 2. The van der Waals surface area contributed by atoms with Gasteiger partial charge in [-0.05, 0) is 25.0 Å². The van der Waals surface area contributed by atoms with Crippen LogP contribution in [0.15, 0.2) is 12.3 Å². The number of rotatable bonds is 3. The number of nitrogens with two attached hydrogens (primary N) is 1. The Kier molecular flexibility index (Phi) is 3.87. The average Bonchev–Trinajstić information content (AvgIpc) is 2.10. The lowest BCUT2D eigenvalue weighted by molar-refractivity contribution is 0.0639. The summed E-state index contributed by atoms with van der Waals surface area (Å²) in [4.78, 5) is 3.72. The third-order valence-corrected chi connectivity index (χ3v) is 2.52. The lowest BCUT2D eigenvalue weighted by Crippen LogP contribution is -2.45. The van der Waals surface area contributed by atoms with Crippen LogP contribution in [0.25, 0.3) is 0 Å². The van der Waals surface area contributed by atoms with Crippen molar-refractivity contribution in [2.75, 3.05) is 0 Å². The van der Waals surface area contributed by atoms with Gasteiger partial charge in [0.1, 0.15) is 5.15 Å². The summed E-state index contributed by atoms with van der Waals surface area (Å²) in [6.07, 6.45) is -1.35. The molecule has 1 aromatic rings. The largest absolute Gasteiger partial charge is 0.320 e. The number of aromatic nitrogens is 1. The Labute approximate surface area is 96.4 Å². The molecule has 0 aliphatic carbocycles. The molecule has 84 valence electrons. The molecule has 1 rings (SSSR count). The second-order valence-corrected chi connectivity index (χ2v) is 4.38. The molecule has 0 aromatic carbocycles. The first-order chi connectivity index (χ1) is 6.83. The summed E-state index contributed by atoms with van der Waals surface area (Å²) >= 11 is 11.4. The van der Waals surface area contributed by atoms with Gasteiger partial charge >= 0.3 is 0 Å². The predicted octanol–water partition coefficient (Wildman–Crippen LogP) is 2.91. The van der Waals surface area contributed by atoms with E-state index in [4.69, 9.17) is 28.9 Å². The first kappa shape index (κ1) is 12.6. The molecule has 0 saturated carbocycles. The van der Waals surface area contributed by atoms with E-state index in [9.17, 15) is 8.78 Å². The van der Waals surface area contributed by atoms with Gasteiger partial charge in [-0.3, -0.25) is 0 Å². The Hall–Kier alpha value is -0.450. The molecule has 1 atom stereocenters. The topological polar surface area (TPSA) is 38.9 Å². The monoisotopic (exact) mass is 254 g/mol. The third-order valence-electron chi connectivity index (χ3n) is 1.97. The maximum atomic E-state index is 12.5. The van der Waals surface area contributed by atoms with Crippen LogP contribution in [-0.4, -0.2) is 16.9 Å². The van der Waals surface area contributed by atoms with Gasteiger partial charge in [-0.25, -0.2) is 13.8 Å². The standard InChI is InChI=1S/C9H10Cl2F2N2/c1-9(14,8(12)13)3-5-2-7(11)15-4-6(5)10/h2,4,8H,3,14H2,1H3. The summed E-state index contributed by atoms with van der Waals surface area (Å²) in [5, 5.41) is 0.496. The van der Waals surface area contributed by atoms with Crippen LogP contribution in [0, 0.1) is 0 Å². The van der Waals surface area contributed by atoms with Gasteiger partial charge < -0.3 is 5.73 Å². The molecular formula is C9H10Cl2F2N2. The van der Waals surface area contributed by atoms with Gasteiger partial charge in [-0.1, -0.05) is 23.2 Å². The highest BCUT2D eigenvalue weighted by Crippen LogP contribution is 2.24. The number of hydrogen-bond acceptors (Lipinski definition) is 2. The van der Waals surface area contributed by atoms with Crippen LogP contribution in [0.2, 0.25) is 10.2 Å². The van der Waals surface area contributed by atoms with Crippen LogP contribution in [0.5, 0.6) is 0 Å². The van der Waals surface area contributed by atoms with Crippen LogP contribution in [0.3, 0.4) is 0 Å². The summed E-state index contributed by atoms with van der Waals surface area (Å²) in [5.41, 5.74) is 4.30. The lowest BCUT2D eigenvalue weighted by Gasteiger charge is -2.23. The van der Waals surface area contributed by atoms with Gasteiger partial charge in [-0.15, -0.1) is 0 Å². The van der Waals surface area contributed by atoms with Crippen molar-refractivity contribution in [2.24, 2.45) is 5.73 Å². The van der Waals surface area contributed by atoms with Crippen molar-refractivity contribution in [2.45, 2.75) is 25.3 Å². The van der Waals surface area contributed by atoms with Crippen LogP contribution in [0.1, 0.15) is 12.5 Å². The molecule has 0 bridgehead atoms. The fraction of sp³-hybridized carbons (Fsp3) is 0.444. The van der Waals surface area contributed by atoms with E-state index < -0.39 is 12.0 Å². The normalized spacial score (nSPS) is 15.4. The molecule has 0 amide bonds. The van der Waals surface area contributed by atoms with Gasteiger partial charge in [0.2, 0.25) is 0 Å². The van der Waals surface area contributed by atoms with Crippen LogP contribution < -0.4 is 5.73 Å². The molecule has 2 N–H and O–H groups in total. The minimum Gasteiger partial charge on any atom is -0.320 e. The van der Waals surface area contributed by atoms with Crippen molar-refractivity contribution < 1.29 is 8.78 Å². The van der Waals surface area contributed by atoms with Crippen molar-refractivity contribution in [3.8, 4) is 0 Å². The maximum Gasteiger partial charge on any atom is 0.256 e. The van der Waals surface area contributed by atoms with Crippen LogP contribution in [0.4, 0.5) is 8.78 Å². The van der Waals surface area contributed by atoms with Gasteiger partial charge in [0.25, 0.3) is 6.43 Å². The smallest absolute Gasteiger partial charge is 0.256 e. The quantitative estimate of drug-likeness (QED) is 0.843. The minimum absolute atomic E-state index is 0.0499. The Balaban J connectivity index is 2.94. The van der Waals surface area contributed by atoms with E-state index in [1.165, 1.54) is 19.2 Å². The van der Waals surface area contributed by atoms with Crippen molar-refractivity contribution in [3.05, 3.63) is 28.0 Å². The molecule has 2 nitrogen and oxygen atoms in total. The van der Waals surface area contributed by atoms with E-state index in [2.05, 4.69) is 4.98 Å². The molecule has 0 aliphatic rings. The van der Waals surface area contributed by atoms with E-state index in [0.717, 1.165) is 0 Å². The number of pyridine rings is 1. The molecule has 1 aromatic heterocycles. The molecule has 1 unspecified atom stereocenters. The Morgan fingerprint density at radius 2 is 2.13 bits per heavy atom. The average molecular weight is 255 g/mol. The SMILES string of the molecule is CC(N)(Cc1cc(Cl)ncc1Cl)C(F)F. The Morgan fingerprint density at radius 3 is 2.67 bits per heavy atom. The fourth-order valence-electron chi connectivity index (χ4n) is 1.07. The molecule has 0 spiro atoms. The third kappa shape index (κ3) is 3.26. The Morgan fingerprint density at radius 1 is 1.53 bits per heavy atom.